The van der Waals surface area contributed by atoms with E-state index in [1.807, 2.05) is 28.8 Å². The number of aryl methyl sites for hydroxylation is 2. The molecule has 0 spiro atoms. The molecule has 6 amide bonds. The molecule has 0 radical (unpaired) electrons. The van der Waals surface area contributed by atoms with Crippen molar-refractivity contribution in [1.29, 1.82) is 0 Å². The van der Waals surface area contributed by atoms with Crippen LogP contribution in [0.3, 0.4) is 0 Å². The molecule has 6 aromatic rings. The van der Waals surface area contributed by atoms with E-state index in [1.165, 1.54) is 42.9 Å². The number of rotatable bonds is 10. The molecule has 70 heavy (non-hydrogen) atoms. The fraction of sp³-hybridized carbons (Fsp3) is 0.375. The van der Waals surface area contributed by atoms with Gasteiger partial charge in [0.05, 0.1) is 43.1 Å². The van der Waals surface area contributed by atoms with Crippen molar-refractivity contribution in [2.24, 2.45) is 7.05 Å². The third-order valence-corrected chi connectivity index (χ3v) is 14.8. The van der Waals surface area contributed by atoms with E-state index in [-0.39, 0.29) is 72.8 Å². The molecule has 8 heterocycles. The van der Waals surface area contributed by atoms with Crippen LogP contribution in [-0.2, 0) is 40.9 Å². The molecule has 2 unspecified atom stereocenters. The van der Waals surface area contributed by atoms with E-state index in [9.17, 15) is 24.0 Å². The Bertz CT molecular complexity index is 3100. The molecule has 0 aliphatic carbocycles. The topological polar surface area (TPSA) is 174 Å². The van der Waals surface area contributed by atoms with Gasteiger partial charge in [-0.1, -0.05) is 12.1 Å². The van der Waals surface area contributed by atoms with E-state index in [0.29, 0.717) is 60.1 Å². The maximum absolute atomic E-state index is 16.0. The standard InChI is InChI=1S/C48H46F4N12O5S/c1-58-38-22-31(36(50)21-32(38)43(57-58)63-13-9-39(65)55-47(63)69)34-8-12-59(25-48(34,51)52)24-40(66)61-16-14-60(15-17-61)29-6-4-27(5-7-29)28-19-30-33(35(49)20-28)23-64(45(30)68)42(44(67)56-46-53-10-18-70-46)41-37-3-2-11-62(37)26-54-41/h4-7,10,18-22,26,34,42H,2-3,8-9,11-17,23-25H2,1H3,(H,53,56,67)(H,55,65,69). The Kier molecular flexibility index (Phi) is 11.4. The minimum atomic E-state index is -3.36. The molecule has 3 aromatic heterocycles. The lowest BCUT2D eigenvalue weighted by molar-refractivity contribution is -0.136. The number of carbonyl (C=O) groups excluding carboxylic acids is 5. The molecular formula is C48H46F4N12O5S. The van der Waals surface area contributed by atoms with Crippen LogP contribution in [0, 0.1) is 11.6 Å². The van der Waals surface area contributed by atoms with Gasteiger partial charge in [0.25, 0.3) is 17.7 Å². The number of anilines is 3. The van der Waals surface area contributed by atoms with Gasteiger partial charge in [-0.2, -0.15) is 5.10 Å². The zero-order chi connectivity index (χ0) is 48.6. The summed E-state index contributed by atoms with van der Waals surface area (Å²) in [6.07, 6.45) is 4.78. The molecule has 0 bridgehead atoms. The Morgan fingerprint density at radius 1 is 0.929 bits per heavy atom. The fourth-order valence-corrected chi connectivity index (χ4v) is 11.1. The highest BCUT2D eigenvalue weighted by atomic mass is 32.1. The fourth-order valence-electron chi connectivity index (χ4n) is 10.6. The summed E-state index contributed by atoms with van der Waals surface area (Å²) in [6.45, 7) is 1.59. The summed E-state index contributed by atoms with van der Waals surface area (Å²) in [5, 5.41) is 11.7. The van der Waals surface area contributed by atoms with Crippen LogP contribution in [0.25, 0.3) is 22.0 Å². The molecule has 5 aliphatic heterocycles. The predicted octanol–water partition coefficient (Wildman–Crippen LogP) is 5.67. The lowest BCUT2D eigenvalue weighted by atomic mass is 9.85. The molecule has 17 nitrogen and oxygen atoms in total. The number of hydrogen-bond donors (Lipinski definition) is 2. The number of piperidine rings is 1. The molecule has 0 saturated carbocycles. The monoisotopic (exact) mass is 978 g/mol. The van der Waals surface area contributed by atoms with E-state index in [2.05, 4.69) is 30.6 Å². The number of likely N-dealkylation sites (tertiary alicyclic amines) is 1. The zero-order valence-corrected chi connectivity index (χ0v) is 38.7. The summed E-state index contributed by atoms with van der Waals surface area (Å²) < 4.78 is 67.0. The number of halogens is 4. The number of nitrogens with one attached hydrogen (secondary N) is 2. The summed E-state index contributed by atoms with van der Waals surface area (Å²) in [7, 11) is 1.57. The first-order chi connectivity index (χ1) is 33.7. The van der Waals surface area contributed by atoms with Crippen molar-refractivity contribution in [2.75, 3.05) is 67.5 Å². The molecule has 362 valence electrons. The van der Waals surface area contributed by atoms with Crippen molar-refractivity contribution >= 4 is 68.5 Å². The number of fused-ring (bicyclic) bond motifs is 3. The number of alkyl halides is 2. The number of nitrogens with zero attached hydrogens (tertiary/aromatic N) is 10. The smallest absolute Gasteiger partial charge is 0.329 e. The van der Waals surface area contributed by atoms with Gasteiger partial charge in [0.15, 0.2) is 17.0 Å². The zero-order valence-electron chi connectivity index (χ0n) is 37.8. The van der Waals surface area contributed by atoms with Crippen molar-refractivity contribution in [3.63, 3.8) is 0 Å². The molecule has 5 aliphatic rings. The van der Waals surface area contributed by atoms with Crippen molar-refractivity contribution in [3.8, 4) is 11.1 Å². The van der Waals surface area contributed by atoms with E-state index in [0.717, 1.165) is 30.4 Å². The van der Waals surface area contributed by atoms with Gasteiger partial charge >= 0.3 is 6.03 Å². The first-order valence-corrected chi connectivity index (χ1v) is 24.0. The van der Waals surface area contributed by atoms with Gasteiger partial charge < -0.3 is 19.3 Å². The van der Waals surface area contributed by atoms with Crippen LogP contribution < -0.4 is 20.4 Å². The number of carbonyl (C=O) groups is 5. The number of imide groups is 1. The Labute approximate surface area is 401 Å². The first-order valence-electron chi connectivity index (χ1n) is 23.1. The maximum Gasteiger partial charge on any atom is 0.329 e. The van der Waals surface area contributed by atoms with Crippen LogP contribution in [0.15, 0.2) is 66.4 Å². The van der Waals surface area contributed by atoms with Gasteiger partial charge in [-0.05, 0) is 78.9 Å². The number of amides is 6. The van der Waals surface area contributed by atoms with Crippen LogP contribution in [0.5, 0.6) is 0 Å². The third kappa shape index (κ3) is 8.10. The molecule has 11 rings (SSSR count). The van der Waals surface area contributed by atoms with Gasteiger partial charge in [0, 0.05) is 92.2 Å². The van der Waals surface area contributed by atoms with Crippen LogP contribution >= 0.6 is 11.3 Å². The molecular weight excluding hydrogens is 933 g/mol. The predicted molar refractivity (Wildman–Crippen MR) is 249 cm³/mol. The lowest BCUT2D eigenvalue weighted by Gasteiger charge is -2.40. The van der Waals surface area contributed by atoms with E-state index < -0.39 is 59.8 Å². The molecule has 2 atom stereocenters. The van der Waals surface area contributed by atoms with E-state index in [1.54, 1.807) is 35.9 Å². The summed E-state index contributed by atoms with van der Waals surface area (Å²) in [4.78, 5) is 82.2. The highest BCUT2D eigenvalue weighted by molar-refractivity contribution is 7.13. The highest BCUT2D eigenvalue weighted by Gasteiger charge is 2.47. The van der Waals surface area contributed by atoms with Crippen LogP contribution in [0.2, 0.25) is 0 Å². The van der Waals surface area contributed by atoms with Gasteiger partial charge in [-0.15, -0.1) is 11.3 Å². The average Bonchev–Trinajstić information content (AvgIpc) is 4.19. The number of piperazine rings is 1. The van der Waals surface area contributed by atoms with Gasteiger partial charge in [-0.3, -0.25) is 44.3 Å². The Morgan fingerprint density at radius 2 is 1.73 bits per heavy atom. The second kappa shape index (κ2) is 17.6. The number of benzene rings is 3. The third-order valence-electron chi connectivity index (χ3n) is 14.2. The number of urea groups is 1. The lowest BCUT2D eigenvalue weighted by Crippen LogP contribution is -2.54. The summed E-state index contributed by atoms with van der Waals surface area (Å²) in [5.41, 5.74) is 3.94. The van der Waals surface area contributed by atoms with Crippen LogP contribution in [0.4, 0.5) is 39.0 Å². The summed E-state index contributed by atoms with van der Waals surface area (Å²) in [5.74, 6) is -7.78. The molecule has 3 saturated heterocycles. The maximum atomic E-state index is 16.0. The minimum Gasteiger partial charge on any atom is -0.368 e. The second-order valence-corrected chi connectivity index (χ2v) is 19.2. The van der Waals surface area contributed by atoms with Crippen LogP contribution in [-0.4, -0.2) is 127 Å². The Balaban J connectivity index is 0.711. The highest BCUT2D eigenvalue weighted by Crippen LogP contribution is 2.44. The summed E-state index contributed by atoms with van der Waals surface area (Å²) >= 11 is 1.25. The molecule has 3 aromatic carbocycles. The molecule has 3 fully saturated rings. The van der Waals surface area contributed by atoms with Crippen molar-refractivity contribution in [1.82, 2.24) is 44.3 Å². The number of imidazole rings is 1. The van der Waals surface area contributed by atoms with Gasteiger partial charge in [0.1, 0.15) is 11.6 Å². The van der Waals surface area contributed by atoms with E-state index in [4.69, 9.17) is 0 Å². The van der Waals surface area contributed by atoms with Crippen molar-refractivity contribution < 1.29 is 41.5 Å². The normalized spacial score (nSPS) is 19.7. The number of thiazole rings is 1. The van der Waals surface area contributed by atoms with Crippen LogP contribution in [0.1, 0.15) is 64.1 Å². The van der Waals surface area contributed by atoms with E-state index >= 15 is 17.6 Å². The Morgan fingerprint density at radius 3 is 2.47 bits per heavy atom. The largest absolute Gasteiger partial charge is 0.368 e. The van der Waals surface area contributed by atoms with Crippen molar-refractivity contribution in [2.45, 2.75) is 56.7 Å². The van der Waals surface area contributed by atoms with Gasteiger partial charge in [0.2, 0.25) is 11.8 Å². The van der Waals surface area contributed by atoms with Crippen molar-refractivity contribution in [3.05, 3.63) is 106 Å². The number of hydrogen-bond acceptors (Lipinski definition) is 11. The minimum absolute atomic E-state index is 0.0376. The molecule has 2 N–H and O–H groups in total. The molecule has 22 heteroatoms. The SMILES string of the molecule is Cn1nc(N2CCC(=O)NC2=O)c2cc(F)c(C3CCN(CC(=O)N4CCN(c5ccc(-c6cc(F)c7c(c6)C(=O)N(C(C(=O)Nc6nccs6)c6ncn8c6CCC8)C7)cc5)CC4)CC3(F)F)cc21. The Hall–Kier alpha value is -7.20. The second-order valence-electron chi connectivity index (χ2n) is 18.3. The van der Waals surface area contributed by atoms with Gasteiger partial charge in [-0.25, -0.2) is 32.3 Å². The first kappa shape index (κ1) is 45.3. The summed E-state index contributed by atoms with van der Waals surface area (Å²) in [6, 6.07) is 11.2. The number of aromatic nitrogens is 5. The average molecular weight is 979 g/mol. The quantitative estimate of drug-likeness (QED) is 0.163.